The third kappa shape index (κ3) is 4.90. The predicted molar refractivity (Wildman–Crippen MR) is 121 cm³/mol. The van der Waals surface area contributed by atoms with Crippen molar-refractivity contribution in [2.24, 2.45) is 0 Å². The molecule has 0 aliphatic carbocycles. The second-order valence-electron chi connectivity index (χ2n) is 7.39. The number of fused-ring (bicyclic) bond motifs is 1. The van der Waals surface area contributed by atoms with E-state index in [1.54, 1.807) is 12.4 Å². The first kappa shape index (κ1) is 19.3. The van der Waals surface area contributed by atoms with Crippen LogP contribution in [0.5, 0.6) is 5.75 Å². The van der Waals surface area contributed by atoms with E-state index >= 15 is 0 Å². The van der Waals surface area contributed by atoms with Crippen LogP contribution in [0.3, 0.4) is 0 Å². The van der Waals surface area contributed by atoms with Gasteiger partial charge in [-0.3, -0.25) is 4.98 Å². The van der Waals surface area contributed by atoms with Crippen molar-refractivity contribution in [2.45, 2.75) is 18.9 Å². The lowest BCUT2D eigenvalue weighted by molar-refractivity contribution is 0.0256. The fourth-order valence-corrected chi connectivity index (χ4v) is 3.51. The van der Waals surface area contributed by atoms with Crippen molar-refractivity contribution < 1.29 is 9.47 Å². The van der Waals surface area contributed by atoms with Gasteiger partial charge in [-0.25, -0.2) is 4.98 Å². The molecule has 0 amide bonds. The molecule has 0 saturated carbocycles. The molecule has 1 aliphatic rings. The molecule has 1 fully saturated rings. The van der Waals surface area contributed by atoms with E-state index in [9.17, 15) is 0 Å². The maximum Gasteiger partial charge on any atom is 0.229 e. The summed E-state index contributed by atoms with van der Waals surface area (Å²) in [5.41, 5.74) is 2.73. The predicted octanol–water partition coefficient (Wildman–Crippen LogP) is 5.07. The minimum atomic E-state index is 0.225. The first-order valence-corrected chi connectivity index (χ1v) is 10.4. The molecule has 2 aromatic heterocycles. The summed E-state index contributed by atoms with van der Waals surface area (Å²) in [6, 6.07) is 19.7. The smallest absolute Gasteiger partial charge is 0.229 e. The third-order valence-corrected chi connectivity index (χ3v) is 5.10. The van der Waals surface area contributed by atoms with Crippen LogP contribution in [0, 0.1) is 0 Å². The van der Waals surface area contributed by atoms with Crippen molar-refractivity contribution >= 4 is 34.0 Å². The number of para-hydroxylation sites is 1. The van der Waals surface area contributed by atoms with Crippen LogP contribution >= 0.6 is 0 Å². The summed E-state index contributed by atoms with van der Waals surface area (Å²) in [6.45, 7) is 1.53. The highest BCUT2D eigenvalue weighted by Crippen LogP contribution is 2.23. The molecule has 0 bridgehead atoms. The van der Waals surface area contributed by atoms with Gasteiger partial charge in [-0.05, 0) is 42.5 Å². The number of nitrogens with one attached hydrogen (secondary N) is 2. The molecule has 1 saturated heterocycles. The largest absolute Gasteiger partial charge is 0.490 e. The van der Waals surface area contributed by atoms with Gasteiger partial charge < -0.3 is 20.1 Å². The highest BCUT2D eigenvalue weighted by atomic mass is 16.5. The number of anilines is 4. The molecule has 7 nitrogen and oxygen atoms in total. The van der Waals surface area contributed by atoms with Crippen LogP contribution < -0.4 is 15.4 Å². The van der Waals surface area contributed by atoms with Gasteiger partial charge in [0, 0.05) is 30.1 Å². The molecule has 7 heteroatoms. The zero-order chi connectivity index (χ0) is 20.9. The summed E-state index contributed by atoms with van der Waals surface area (Å²) in [7, 11) is 0. The second kappa shape index (κ2) is 8.97. The molecule has 156 valence electrons. The quantitative estimate of drug-likeness (QED) is 0.457. The summed E-state index contributed by atoms with van der Waals surface area (Å²) in [4.78, 5) is 13.3. The number of rotatable bonds is 6. The number of pyridine rings is 1. The van der Waals surface area contributed by atoms with Gasteiger partial charge in [-0.2, -0.15) is 4.98 Å². The van der Waals surface area contributed by atoms with E-state index in [1.165, 1.54) is 0 Å². The van der Waals surface area contributed by atoms with E-state index in [1.807, 2.05) is 54.6 Å². The van der Waals surface area contributed by atoms with Crippen LogP contribution in [0.25, 0.3) is 10.9 Å². The summed E-state index contributed by atoms with van der Waals surface area (Å²) >= 11 is 0. The number of benzene rings is 2. The Morgan fingerprint density at radius 2 is 1.71 bits per heavy atom. The lowest BCUT2D eigenvalue weighted by Crippen LogP contribution is -2.25. The molecule has 0 spiro atoms. The third-order valence-electron chi connectivity index (χ3n) is 5.10. The topological polar surface area (TPSA) is 81.2 Å². The lowest BCUT2D eigenvalue weighted by atomic mass is 10.1. The van der Waals surface area contributed by atoms with Crippen molar-refractivity contribution in [1.29, 1.82) is 0 Å². The first-order chi connectivity index (χ1) is 15.3. The molecule has 3 heterocycles. The van der Waals surface area contributed by atoms with E-state index < -0.39 is 0 Å². The number of hydrogen-bond donors (Lipinski definition) is 2. The van der Waals surface area contributed by atoms with Gasteiger partial charge in [0.2, 0.25) is 5.95 Å². The number of aromatic nitrogens is 3. The Labute approximate surface area is 180 Å². The van der Waals surface area contributed by atoms with Crippen molar-refractivity contribution in [2.75, 3.05) is 23.8 Å². The molecule has 2 aromatic carbocycles. The lowest BCUT2D eigenvalue weighted by Gasteiger charge is -2.23. The van der Waals surface area contributed by atoms with Crippen LogP contribution in [0.4, 0.5) is 23.1 Å². The molecular formula is C24H23N5O2. The van der Waals surface area contributed by atoms with E-state index in [0.29, 0.717) is 11.8 Å². The van der Waals surface area contributed by atoms with Gasteiger partial charge in [0.25, 0.3) is 0 Å². The van der Waals surface area contributed by atoms with Crippen molar-refractivity contribution in [3.63, 3.8) is 0 Å². The van der Waals surface area contributed by atoms with Gasteiger partial charge >= 0.3 is 0 Å². The molecule has 2 N–H and O–H groups in total. The van der Waals surface area contributed by atoms with Gasteiger partial charge in [0.1, 0.15) is 17.7 Å². The van der Waals surface area contributed by atoms with Crippen molar-refractivity contribution in [3.05, 3.63) is 73.1 Å². The summed E-state index contributed by atoms with van der Waals surface area (Å²) in [5, 5.41) is 7.60. The molecule has 0 atom stereocenters. The Balaban J connectivity index is 1.24. The maximum absolute atomic E-state index is 6.02. The Morgan fingerprint density at radius 1 is 0.871 bits per heavy atom. The van der Waals surface area contributed by atoms with Crippen molar-refractivity contribution in [1.82, 2.24) is 15.0 Å². The average molecular weight is 413 g/mol. The SMILES string of the molecule is c1ccc2ncc(Nc3ccnc(Nc4ccc(OC5CCOCC5)cc4)n3)cc2c1. The normalized spacial score (nSPS) is 14.3. The maximum atomic E-state index is 6.02. The minimum Gasteiger partial charge on any atom is -0.490 e. The fraction of sp³-hybridized carbons (Fsp3) is 0.208. The Bertz CT molecular complexity index is 1160. The monoisotopic (exact) mass is 413 g/mol. The average Bonchev–Trinajstić information content (AvgIpc) is 2.81. The van der Waals surface area contributed by atoms with Gasteiger partial charge in [0.15, 0.2) is 0 Å². The molecule has 5 rings (SSSR count). The summed E-state index contributed by atoms with van der Waals surface area (Å²) < 4.78 is 11.4. The zero-order valence-electron chi connectivity index (χ0n) is 17.0. The van der Waals surface area contributed by atoms with E-state index in [4.69, 9.17) is 9.47 Å². The van der Waals surface area contributed by atoms with Crippen molar-refractivity contribution in [3.8, 4) is 5.75 Å². The van der Waals surface area contributed by atoms with E-state index in [0.717, 1.165) is 54.1 Å². The van der Waals surface area contributed by atoms with Crippen LogP contribution in [0.1, 0.15) is 12.8 Å². The molecule has 31 heavy (non-hydrogen) atoms. The van der Waals surface area contributed by atoms with E-state index in [2.05, 4.69) is 31.7 Å². The summed E-state index contributed by atoms with van der Waals surface area (Å²) in [5.74, 6) is 2.06. The fourth-order valence-electron chi connectivity index (χ4n) is 3.51. The van der Waals surface area contributed by atoms with Gasteiger partial charge in [-0.15, -0.1) is 0 Å². The van der Waals surface area contributed by atoms with Crippen LogP contribution in [0.2, 0.25) is 0 Å². The van der Waals surface area contributed by atoms with Crippen LogP contribution in [-0.2, 0) is 4.74 Å². The zero-order valence-corrected chi connectivity index (χ0v) is 17.0. The van der Waals surface area contributed by atoms with Gasteiger partial charge in [0.05, 0.1) is 30.6 Å². The highest BCUT2D eigenvalue weighted by Gasteiger charge is 2.15. The van der Waals surface area contributed by atoms with Gasteiger partial charge in [-0.1, -0.05) is 18.2 Å². The first-order valence-electron chi connectivity index (χ1n) is 10.4. The van der Waals surface area contributed by atoms with Crippen LogP contribution in [-0.4, -0.2) is 34.3 Å². The molecule has 1 aliphatic heterocycles. The standard InChI is InChI=1S/C24H23N5O2/c1-2-4-22-17(3-1)15-19(16-26-22)27-23-9-12-25-24(29-23)28-18-5-7-20(8-6-18)31-21-10-13-30-14-11-21/h1-9,12,15-16,21H,10-11,13-14H2,(H2,25,27,28,29). The molecule has 0 unspecified atom stereocenters. The molecule has 0 radical (unpaired) electrons. The minimum absolute atomic E-state index is 0.225. The van der Waals surface area contributed by atoms with E-state index in [-0.39, 0.29) is 6.10 Å². The Kier molecular flexibility index (Phi) is 5.58. The number of nitrogens with zero attached hydrogens (tertiary/aromatic N) is 3. The molecule has 4 aromatic rings. The Morgan fingerprint density at radius 3 is 2.58 bits per heavy atom. The Hall–Kier alpha value is -3.71. The number of ether oxygens (including phenoxy) is 2. The highest BCUT2D eigenvalue weighted by molar-refractivity contribution is 5.82. The second-order valence-corrected chi connectivity index (χ2v) is 7.39. The summed E-state index contributed by atoms with van der Waals surface area (Å²) in [6.07, 6.45) is 5.60. The van der Waals surface area contributed by atoms with Crippen LogP contribution in [0.15, 0.2) is 73.1 Å². The molecular weight excluding hydrogens is 390 g/mol. The number of hydrogen-bond acceptors (Lipinski definition) is 7.